The van der Waals surface area contributed by atoms with Gasteiger partial charge in [-0.1, -0.05) is 12.1 Å². The molecule has 1 atom stereocenters. The first-order chi connectivity index (χ1) is 14.1. The lowest BCUT2D eigenvalue weighted by atomic mass is 10.1. The second-order valence-corrected chi connectivity index (χ2v) is 7.05. The van der Waals surface area contributed by atoms with Crippen LogP contribution in [-0.4, -0.2) is 38.0 Å². The summed E-state index contributed by atoms with van der Waals surface area (Å²) < 4.78 is 0. The summed E-state index contributed by atoms with van der Waals surface area (Å²) in [6, 6.07) is 15.4. The fourth-order valence-electron chi connectivity index (χ4n) is 3.23. The van der Waals surface area contributed by atoms with E-state index < -0.39 is 0 Å². The molecule has 0 saturated carbocycles. The van der Waals surface area contributed by atoms with Crippen molar-refractivity contribution in [1.29, 1.82) is 0 Å². The number of hydrogen-bond acceptors (Lipinski definition) is 5. The Balaban J connectivity index is 1.45. The number of H-pyrrole nitrogens is 1. The summed E-state index contributed by atoms with van der Waals surface area (Å²) in [4.78, 5) is 23.2. The molecule has 0 aliphatic heterocycles. The average molecular weight is 386 g/mol. The van der Waals surface area contributed by atoms with Crippen LogP contribution in [-0.2, 0) is 6.54 Å². The lowest BCUT2D eigenvalue weighted by Gasteiger charge is -2.24. The Morgan fingerprint density at radius 2 is 2.10 bits per heavy atom. The van der Waals surface area contributed by atoms with E-state index in [2.05, 4.69) is 37.3 Å². The van der Waals surface area contributed by atoms with Crippen LogP contribution in [0.3, 0.4) is 0 Å². The third-order valence-corrected chi connectivity index (χ3v) is 5.01. The van der Waals surface area contributed by atoms with Crippen LogP contribution in [0.5, 0.6) is 0 Å². The molecule has 4 rings (SSSR count). The SMILES string of the molecule is CC(c1ccncn1)N(C)Cc1cccc(C(=O)Nc2ccc3[nH]ncc3c2)c1. The van der Waals surface area contributed by atoms with E-state index in [9.17, 15) is 4.79 Å². The highest BCUT2D eigenvalue weighted by Crippen LogP contribution is 2.20. The molecule has 0 radical (unpaired) electrons. The maximum atomic E-state index is 12.7. The lowest BCUT2D eigenvalue weighted by molar-refractivity contribution is 0.102. The summed E-state index contributed by atoms with van der Waals surface area (Å²) in [5.74, 6) is -0.138. The Kier molecular flexibility index (Phi) is 5.31. The predicted octanol–water partition coefficient (Wildman–Crippen LogP) is 3.80. The van der Waals surface area contributed by atoms with Gasteiger partial charge in [0.25, 0.3) is 5.91 Å². The summed E-state index contributed by atoms with van der Waals surface area (Å²) >= 11 is 0. The van der Waals surface area contributed by atoms with Crippen molar-refractivity contribution in [2.75, 3.05) is 12.4 Å². The highest BCUT2D eigenvalue weighted by molar-refractivity contribution is 6.05. The number of nitrogens with one attached hydrogen (secondary N) is 2. The lowest BCUT2D eigenvalue weighted by Crippen LogP contribution is -2.23. The number of anilines is 1. The molecular formula is C22H22N6O. The summed E-state index contributed by atoms with van der Waals surface area (Å²) in [5, 5.41) is 10.8. The van der Waals surface area contributed by atoms with E-state index in [0.29, 0.717) is 12.1 Å². The van der Waals surface area contributed by atoms with Gasteiger partial charge in [0.1, 0.15) is 6.33 Å². The molecule has 0 bridgehead atoms. The molecule has 0 aliphatic carbocycles. The molecule has 0 spiro atoms. The molecule has 0 fully saturated rings. The number of aromatic nitrogens is 4. The number of amides is 1. The van der Waals surface area contributed by atoms with E-state index in [1.807, 2.05) is 55.6 Å². The van der Waals surface area contributed by atoms with Crippen LogP contribution in [0.15, 0.2) is 67.3 Å². The topological polar surface area (TPSA) is 86.8 Å². The maximum Gasteiger partial charge on any atom is 0.255 e. The van der Waals surface area contributed by atoms with Crippen molar-refractivity contribution in [2.45, 2.75) is 19.5 Å². The Morgan fingerprint density at radius 1 is 1.21 bits per heavy atom. The van der Waals surface area contributed by atoms with Crippen LogP contribution in [0.4, 0.5) is 5.69 Å². The zero-order chi connectivity index (χ0) is 20.2. The van der Waals surface area contributed by atoms with Crippen LogP contribution in [0.25, 0.3) is 10.9 Å². The standard InChI is InChI=1S/C22H22N6O/c1-15(20-8-9-23-14-24-20)28(2)13-16-4-3-5-17(10-16)22(29)26-19-6-7-21-18(11-19)12-25-27-21/h3-12,14-15H,13H2,1-2H3,(H,25,27)(H,26,29). The summed E-state index contributed by atoms with van der Waals surface area (Å²) in [7, 11) is 2.04. The molecule has 0 aliphatic rings. The molecule has 1 amide bonds. The van der Waals surface area contributed by atoms with Crippen LogP contribution in [0.1, 0.15) is 34.6 Å². The maximum absolute atomic E-state index is 12.7. The number of aromatic amines is 1. The van der Waals surface area contributed by atoms with Crippen molar-refractivity contribution >= 4 is 22.5 Å². The van der Waals surface area contributed by atoms with Gasteiger partial charge >= 0.3 is 0 Å². The zero-order valence-corrected chi connectivity index (χ0v) is 16.3. The first-order valence-electron chi connectivity index (χ1n) is 9.40. The minimum Gasteiger partial charge on any atom is -0.322 e. The quantitative estimate of drug-likeness (QED) is 0.526. The highest BCUT2D eigenvalue weighted by atomic mass is 16.1. The van der Waals surface area contributed by atoms with Gasteiger partial charge in [-0.3, -0.25) is 14.8 Å². The van der Waals surface area contributed by atoms with E-state index in [-0.39, 0.29) is 11.9 Å². The average Bonchev–Trinajstić information content (AvgIpc) is 3.22. The minimum atomic E-state index is -0.138. The van der Waals surface area contributed by atoms with Gasteiger partial charge in [0.15, 0.2) is 0 Å². The minimum absolute atomic E-state index is 0.136. The Morgan fingerprint density at radius 3 is 2.93 bits per heavy atom. The monoisotopic (exact) mass is 386 g/mol. The Labute approximate surface area is 168 Å². The van der Waals surface area contributed by atoms with Crippen LogP contribution in [0.2, 0.25) is 0 Å². The fourth-order valence-corrected chi connectivity index (χ4v) is 3.23. The number of rotatable bonds is 6. The van der Waals surface area contributed by atoms with Gasteiger partial charge in [-0.15, -0.1) is 0 Å². The van der Waals surface area contributed by atoms with Crippen molar-refractivity contribution in [3.05, 3.63) is 84.1 Å². The van der Waals surface area contributed by atoms with E-state index in [4.69, 9.17) is 0 Å². The van der Waals surface area contributed by atoms with E-state index in [0.717, 1.165) is 27.8 Å². The van der Waals surface area contributed by atoms with Crippen molar-refractivity contribution < 1.29 is 4.79 Å². The third-order valence-electron chi connectivity index (χ3n) is 5.01. The number of nitrogens with zero attached hydrogens (tertiary/aromatic N) is 4. The smallest absolute Gasteiger partial charge is 0.255 e. The summed E-state index contributed by atoms with van der Waals surface area (Å²) in [6.07, 6.45) is 5.05. The Bertz CT molecular complexity index is 1120. The molecule has 146 valence electrons. The van der Waals surface area contributed by atoms with Crippen LogP contribution in [0, 0.1) is 0 Å². The van der Waals surface area contributed by atoms with Crippen LogP contribution >= 0.6 is 0 Å². The summed E-state index contributed by atoms with van der Waals surface area (Å²) in [5.41, 5.74) is 4.32. The van der Waals surface area contributed by atoms with Crippen molar-refractivity contribution in [3.63, 3.8) is 0 Å². The van der Waals surface area contributed by atoms with E-state index in [1.165, 1.54) is 0 Å². The molecule has 1 unspecified atom stereocenters. The first kappa shape index (κ1) is 18.8. The van der Waals surface area contributed by atoms with Crippen molar-refractivity contribution in [3.8, 4) is 0 Å². The van der Waals surface area contributed by atoms with Gasteiger partial charge in [-0.05, 0) is 55.9 Å². The third kappa shape index (κ3) is 4.30. The van der Waals surface area contributed by atoms with Gasteiger partial charge < -0.3 is 5.32 Å². The van der Waals surface area contributed by atoms with E-state index >= 15 is 0 Å². The van der Waals surface area contributed by atoms with Gasteiger partial charge in [0.05, 0.1) is 17.4 Å². The highest BCUT2D eigenvalue weighted by Gasteiger charge is 2.14. The molecule has 29 heavy (non-hydrogen) atoms. The molecule has 7 nitrogen and oxygen atoms in total. The molecule has 2 aromatic carbocycles. The molecule has 7 heteroatoms. The number of carbonyl (C=O) groups excluding carboxylic acids is 1. The number of benzene rings is 2. The largest absolute Gasteiger partial charge is 0.322 e. The van der Waals surface area contributed by atoms with Crippen LogP contribution < -0.4 is 5.32 Å². The predicted molar refractivity (Wildman–Crippen MR) is 112 cm³/mol. The molecule has 4 aromatic rings. The number of hydrogen-bond donors (Lipinski definition) is 2. The number of fused-ring (bicyclic) bond motifs is 1. The summed E-state index contributed by atoms with van der Waals surface area (Å²) in [6.45, 7) is 2.80. The van der Waals surface area contributed by atoms with E-state index in [1.54, 1.807) is 18.7 Å². The normalized spacial score (nSPS) is 12.2. The molecule has 2 heterocycles. The van der Waals surface area contributed by atoms with Gasteiger partial charge in [-0.2, -0.15) is 5.10 Å². The zero-order valence-electron chi connectivity index (χ0n) is 16.3. The number of carbonyl (C=O) groups is 1. The first-order valence-corrected chi connectivity index (χ1v) is 9.40. The second kappa shape index (κ2) is 8.20. The molecule has 2 N–H and O–H groups in total. The molecule has 2 aromatic heterocycles. The van der Waals surface area contributed by atoms with Gasteiger partial charge in [0.2, 0.25) is 0 Å². The van der Waals surface area contributed by atoms with Gasteiger partial charge in [0, 0.05) is 35.4 Å². The Hall–Kier alpha value is -3.58. The molecular weight excluding hydrogens is 364 g/mol. The van der Waals surface area contributed by atoms with Crippen molar-refractivity contribution in [2.24, 2.45) is 0 Å². The molecule has 0 saturated heterocycles. The van der Waals surface area contributed by atoms with Gasteiger partial charge in [-0.25, -0.2) is 9.97 Å². The van der Waals surface area contributed by atoms with Crippen molar-refractivity contribution in [1.82, 2.24) is 25.1 Å². The fraction of sp³-hybridized carbons (Fsp3) is 0.182. The second-order valence-electron chi connectivity index (χ2n) is 7.05.